The van der Waals surface area contributed by atoms with Crippen LogP contribution in [-0.2, 0) is 18.4 Å². The Morgan fingerprint density at radius 3 is 2.86 bits per heavy atom. The van der Waals surface area contributed by atoms with Crippen LogP contribution < -0.4 is 0 Å². The molecule has 0 aliphatic rings. The van der Waals surface area contributed by atoms with Gasteiger partial charge in [0, 0.05) is 38.3 Å². The molecule has 0 aliphatic carbocycles. The Labute approximate surface area is 165 Å². The van der Waals surface area contributed by atoms with E-state index in [-0.39, 0.29) is 5.82 Å². The van der Waals surface area contributed by atoms with E-state index in [1.807, 2.05) is 30.3 Å². The number of aryl methyl sites for hydroxylation is 1. The molecule has 0 unspecified atom stereocenters. The van der Waals surface area contributed by atoms with Gasteiger partial charge in [0.25, 0.3) is 0 Å². The van der Waals surface area contributed by atoms with Crippen LogP contribution in [0.4, 0.5) is 4.39 Å². The summed E-state index contributed by atoms with van der Waals surface area (Å²) in [4.78, 5) is 18.0. The van der Waals surface area contributed by atoms with Gasteiger partial charge >= 0.3 is 0 Å². The third-order valence-electron chi connectivity index (χ3n) is 4.81. The van der Waals surface area contributed by atoms with Gasteiger partial charge in [-0.05, 0) is 23.8 Å². The first-order valence-electron chi connectivity index (χ1n) is 9.04. The second-order valence-electron chi connectivity index (χ2n) is 6.78. The summed E-state index contributed by atoms with van der Waals surface area (Å²) in [7, 11) is 3.38. The molecule has 5 rings (SSSR count). The Kier molecular flexibility index (Phi) is 4.06. The molecular weight excluding hydrogens is 371 g/mol. The summed E-state index contributed by atoms with van der Waals surface area (Å²) in [5, 5.41) is 0.358. The number of imidazole rings is 1. The van der Waals surface area contributed by atoms with E-state index in [1.165, 1.54) is 6.20 Å². The number of nitrogens with zero attached hydrogens (tertiary/aromatic N) is 6. The summed E-state index contributed by atoms with van der Waals surface area (Å²) in [6, 6.07) is 9.63. The number of para-hydroxylation sites is 2. The van der Waals surface area contributed by atoms with E-state index in [4.69, 9.17) is 9.72 Å². The molecule has 0 N–H and O–H groups in total. The highest BCUT2D eigenvalue weighted by atomic mass is 19.1. The van der Waals surface area contributed by atoms with Crippen LogP contribution >= 0.6 is 0 Å². The summed E-state index contributed by atoms with van der Waals surface area (Å²) in [5.74, 6) is 0.0382. The molecule has 0 fully saturated rings. The normalized spacial score (nSPS) is 11.6. The Hall–Kier alpha value is -3.65. The zero-order valence-corrected chi connectivity index (χ0v) is 15.9. The van der Waals surface area contributed by atoms with Crippen LogP contribution in [0.25, 0.3) is 39.3 Å². The maximum atomic E-state index is 14.8. The second kappa shape index (κ2) is 6.75. The maximum absolute atomic E-state index is 14.8. The lowest BCUT2D eigenvalue weighted by Crippen LogP contribution is -2.04. The highest BCUT2D eigenvalue weighted by molar-refractivity contribution is 5.92. The predicted octanol–water partition coefficient (Wildman–Crippen LogP) is 3.65. The third-order valence-corrected chi connectivity index (χ3v) is 4.81. The summed E-state index contributed by atoms with van der Waals surface area (Å²) in [5.41, 5.74) is 4.26. The van der Waals surface area contributed by atoms with Crippen LogP contribution in [-0.4, -0.2) is 36.2 Å². The molecule has 0 saturated heterocycles. The lowest BCUT2D eigenvalue weighted by atomic mass is 10.1. The van der Waals surface area contributed by atoms with Crippen molar-refractivity contribution in [1.82, 2.24) is 29.1 Å². The van der Waals surface area contributed by atoms with Crippen LogP contribution in [0.15, 0.2) is 55.2 Å². The molecule has 5 aromatic rings. The first kappa shape index (κ1) is 17.4. The van der Waals surface area contributed by atoms with E-state index in [9.17, 15) is 4.39 Å². The van der Waals surface area contributed by atoms with Gasteiger partial charge in [-0.2, -0.15) is 4.98 Å². The smallest absolute Gasteiger partial charge is 0.238 e. The SMILES string of the molecule is COCc1cncc(-c2nc(-n3cnc4ccccc43)nc3c2c(F)cn3C)c1. The van der Waals surface area contributed by atoms with Gasteiger partial charge in [0.2, 0.25) is 5.95 Å². The van der Waals surface area contributed by atoms with E-state index >= 15 is 0 Å². The molecule has 7 nitrogen and oxygen atoms in total. The van der Waals surface area contributed by atoms with Crippen molar-refractivity contribution in [2.75, 3.05) is 7.11 Å². The van der Waals surface area contributed by atoms with Gasteiger partial charge in [0.1, 0.15) is 12.0 Å². The molecule has 0 atom stereocenters. The fraction of sp³-hybridized carbons (Fsp3) is 0.143. The van der Waals surface area contributed by atoms with Crippen molar-refractivity contribution in [3.05, 3.63) is 66.6 Å². The number of hydrogen-bond acceptors (Lipinski definition) is 5. The van der Waals surface area contributed by atoms with Crippen LogP contribution in [0.3, 0.4) is 0 Å². The molecule has 0 saturated carbocycles. The lowest BCUT2D eigenvalue weighted by molar-refractivity contribution is 0.184. The van der Waals surface area contributed by atoms with Gasteiger partial charge in [-0.1, -0.05) is 12.1 Å². The zero-order chi connectivity index (χ0) is 20.0. The van der Waals surface area contributed by atoms with Crippen molar-refractivity contribution >= 4 is 22.1 Å². The molecule has 1 aromatic carbocycles. The monoisotopic (exact) mass is 388 g/mol. The number of benzene rings is 1. The quantitative estimate of drug-likeness (QED) is 0.470. The zero-order valence-electron chi connectivity index (χ0n) is 15.9. The average Bonchev–Trinajstić information content (AvgIpc) is 3.29. The Morgan fingerprint density at radius 2 is 2.00 bits per heavy atom. The van der Waals surface area contributed by atoms with Crippen molar-refractivity contribution < 1.29 is 9.13 Å². The number of aromatic nitrogens is 6. The van der Waals surface area contributed by atoms with Gasteiger partial charge in [-0.25, -0.2) is 14.4 Å². The minimum Gasteiger partial charge on any atom is -0.380 e. The van der Waals surface area contributed by atoms with Gasteiger partial charge in [0.05, 0.1) is 28.7 Å². The van der Waals surface area contributed by atoms with E-state index < -0.39 is 0 Å². The molecule has 0 radical (unpaired) electrons. The standard InChI is InChI=1S/C21H17FN6O/c1-27-10-15(22)18-19(14-7-13(11-29-2)8-23-9-14)25-21(26-20(18)27)28-12-24-16-5-3-4-6-17(16)28/h3-10,12H,11H2,1-2H3. The molecule has 0 amide bonds. The van der Waals surface area contributed by atoms with Gasteiger partial charge in [-0.15, -0.1) is 0 Å². The second-order valence-corrected chi connectivity index (χ2v) is 6.78. The van der Waals surface area contributed by atoms with Crippen LogP contribution in [0.2, 0.25) is 0 Å². The molecule has 29 heavy (non-hydrogen) atoms. The summed E-state index contributed by atoms with van der Waals surface area (Å²) < 4.78 is 23.4. The fourth-order valence-corrected chi connectivity index (χ4v) is 3.51. The summed E-state index contributed by atoms with van der Waals surface area (Å²) >= 11 is 0. The Bertz CT molecular complexity index is 1360. The van der Waals surface area contributed by atoms with Crippen molar-refractivity contribution in [3.63, 3.8) is 0 Å². The molecule has 4 heterocycles. The average molecular weight is 388 g/mol. The van der Waals surface area contributed by atoms with Gasteiger partial charge in [-0.3, -0.25) is 9.55 Å². The molecule has 0 aliphatic heterocycles. The maximum Gasteiger partial charge on any atom is 0.238 e. The van der Waals surface area contributed by atoms with Crippen molar-refractivity contribution in [2.24, 2.45) is 7.05 Å². The van der Waals surface area contributed by atoms with E-state index in [0.717, 1.165) is 16.6 Å². The fourth-order valence-electron chi connectivity index (χ4n) is 3.51. The van der Waals surface area contributed by atoms with Crippen LogP contribution in [0, 0.1) is 5.82 Å². The minimum absolute atomic E-state index is 0.358. The van der Waals surface area contributed by atoms with E-state index in [0.29, 0.717) is 34.8 Å². The van der Waals surface area contributed by atoms with Crippen LogP contribution in [0.5, 0.6) is 0 Å². The number of halogens is 1. The molecule has 144 valence electrons. The van der Waals surface area contributed by atoms with E-state index in [1.54, 1.807) is 42.0 Å². The molecule has 8 heteroatoms. The molecule has 0 spiro atoms. The summed E-state index contributed by atoms with van der Waals surface area (Å²) in [6.45, 7) is 0.408. The Balaban J connectivity index is 1.80. The van der Waals surface area contributed by atoms with E-state index in [2.05, 4.69) is 15.0 Å². The van der Waals surface area contributed by atoms with Crippen molar-refractivity contribution in [3.8, 4) is 17.2 Å². The summed E-state index contributed by atoms with van der Waals surface area (Å²) in [6.07, 6.45) is 6.47. The first-order chi connectivity index (χ1) is 14.2. The lowest BCUT2D eigenvalue weighted by Gasteiger charge is -2.09. The van der Waals surface area contributed by atoms with Crippen molar-refractivity contribution in [2.45, 2.75) is 6.61 Å². The molecule has 0 bridgehead atoms. The topological polar surface area (TPSA) is 70.7 Å². The predicted molar refractivity (Wildman–Crippen MR) is 107 cm³/mol. The number of pyridine rings is 1. The van der Waals surface area contributed by atoms with Crippen LogP contribution in [0.1, 0.15) is 5.56 Å². The Morgan fingerprint density at radius 1 is 1.14 bits per heavy atom. The number of methoxy groups -OCH3 is 1. The van der Waals surface area contributed by atoms with Gasteiger partial charge in [0.15, 0.2) is 5.82 Å². The highest BCUT2D eigenvalue weighted by Gasteiger charge is 2.19. The highest BCUT2D eigenvalue weighted by Crippen LogP contribution is 2.30. The largest absolute Gasteiger partial charge is 0.380 e. The number of rotatable bonds is 4. The number of hydrogen-bond donors (Lipinski definition) is 0. The number of ether oxygens (including phenoxy) is 1. The third kappa shape index (κ3) is 2.85. The number of fused-ring (bicyclic) bond motifs is 2. The molecule has 4 aromatic heterocycles. The van der Waals surface area contributed by atoms with Gasteiger partial charge < -0.3 is 9.30 Å². The minimum atomic E-state index is -0.378. The van der Waals surface area contributed by atoms with Crippen molar-refractivity contribution in [1.29, 1.82) is 0 Å². The first-order valence-corrected chi connectivity index (χ1v) is 9.04. The molecular formula is C21H17FN6O.